The highest BCUT2D eigenvalue weighted by molar-refractivity contribution is 6.12. The molecule has 12 atom stereocenters. The highest BCUT2D eigenvalue weighted by Gasteiger charge is 2.48. The van der Waals surface area contributed by atoms with Gasteiger partial charge in [-0.05, 0) is 37.6 Å². The Labute approximate surface area is 355 Å². The number of allylic oxidation sites excluding steroid dienone is 4. The number of carbonyl (C=O) groups is 2. The summed E-state index contributed by atoms with van der Waals surface area (Å²) in [6, 6.07) is 3.48. The minimum Gasteiger partial charge on any atom is -0.507 e. The number of methoxy groups -OCH3 is 2. The smallest absolute Gasteiger partial charge is 0.229 e. The Morgan fingerprint density at radius 2 is 1.37 bits per heavy atom. The molecule has 2 fully saturated rings. The predicted molar refractivity (Wildman–Crippen MR) is 214 cm³/mol. The Kier molecular flexibility index (Phi) is 14.3. The summed E-state index contributed by atoms with van der Waals surface area (Å²) in [5.74, 6) is -5.66. The first-order valence-corrected chi connectivity index (χ1v) is 19.8. The van der Waals surface area contributed by atoms with Crippen molar-refractivity contribution in [2.75, 3.05) is 27.4 Å². The molecule has 0 radical (unpaired) electrons. The van der Waals surface area contributed by atoms with Crippen LogP contribution >= 0.6 is 0 Å². The summed E-state index contributed by atoms with van der Waals surface area (Å²) in [6.45, 7) is 3.64. The first-order chi connectivity index (χ1) is 29.5. The van der Waals surface area contributed by atoms with Crippen LogP contribution in [0.2, 0.25) is 0 Å². The number of Topliss-reactive ketones (excluding diaryl/α,β-unsaturated/α-hetero) is 1. The molecule has 6 rings (SSSR count). The number of aliphatic hydroxyl groups is 6. The van der Waals surface area contributed by atoms with Gasteiger partial charge in [-0.1, -0.05) is 25.2 Å². The van der Waals surface area contributed by atoms with E-state index in [1.165, 1.54) is 32.4 Å². The second-order valence-electron chi connectivity index (χ2n) is 15.3. The van der Waals surface area contributed by atoms with Crippen LogP contribution < -0.4 is 14.2 Å². The van der Waals surface area contributed by atoms with Gasteiger partial charge < -0.3 is 84.2 Å². The molecule has 62 heavy (non-hydrogen) atoms. The number of phenols is 4. The zero-order valence-corrected chi connectivity index (χ0v) is 34.4. The lowest BCUT2D eigenvalue weighted by Crippen LogP contribution is -2.60. The van der Waals surface area contributed by atoms with Gasteiger partial charge in [-0.25, -0.2) is 0 Å². The second-order valence-corrected chi connectivity index (χ2v) is 15.3. The molecule has 0 spiro atoms. The highest BCUT2D eigenvalue weighted by atomic mass is 16.7. The number of aromatic hydroxyl groups is 4. The van der Waals surface area contributed by atoms with E-state index in [4.69, 9.17) is 33.2 Å². The molecule has 0 unspecified atom stereocenters. The summed E-state index contributed by atoms with van der Waals surface area (Å²) >= 11 is 0. The van der Waals surface area contributed by atoms with Crippen LogP contribution in [0.15, 0.2) is 42.5 Å². The molecule has 19 heteroatoms. The number of fused-ring (bicyclic) bond motifs is 2. The van der Waals surface area contributed by atoms with Crippen molar-refractivity contribution in [1.82, 2.24) is 0 Å². The minimum atomic E-state index is -1.83. The van der Waals surface area contributed by atoms with E-state index in [-0.39, 0.29) is 44.5 Å². The summed E-state index contributed by atoms with van der Waals surface area (Å²) in [4.78, 5) is 27.2. The third-order valence-electron chi connectivity index (χ3n) is 11.5. The van der Waals surface area contributed by atoms with Gasteiger partial charge >= 0.3 is 0 Å². The zero-order chi connectivity index (χ0) is 45.3. The lowest BCUT2D eigenvalue weighted by Gasteiger charge is -2.41. The van der Waals surface area contributed by atoms with Gasteiger partial charge in [0.15, 0.2) is 23.1 Å². The van der Waals surface area contributed by atoms with Gasteiger partial charge in [0.2, 0.25) is 18.3 Å². The zero-order valence-electron chi connectivity index (χ0n) is 34.4. The molecule has 338 valence electrons. The van der Waals surface area contributed by atoms with Crippen molar-refractivity contribution in [3.63, 3.8) is 0 Å². The molecule has 0 amide bonds. The summed E-state index contributed by atoms with van der Waals surface area (Å²) in [6.07, 6.45) is -10.5. The molecule has 3 heterocycles. The summed E-state index contributed by atoms with van der Waals surface area (Å²) in [5, 5.41) is 109. The number of ketones is 2. The lowest BCUT2D eigenvalue weighted by molar-refractivity contribution is -0.282. The van der Waals surface area contributed by atoms with E-state index < -0.39 is 140 Å². The van der Waals surface area contributed by atoms with E-state index >= 15 is 0 Å². The molecule has 19 nitrogen and oxygen atoms in total. The molecule has 3 aliphatic heterocycles. The SMILES string of the molecule is C/C=C/C=C/C(=O)Cc1cc(O)c(O[C@@H]2O[C@H](CO)[C@@H](OC)[C@H](O)[C@H]2O)c(O)c1Cc1c2c(c(O)c3c(O)cc(O[C@@H]4O[C@H](CO)[C@@H](OC)[C@H](O)[C@H]4O)cc13)C(=O)[C@@H](C)[C@H](C)O2. The molecule has 3 aromatic rings. The minimum absolute atomic E-state index is 0.0316. The first-order valence-electron chi connectivity index (χ1n) is 19.8. The fraction of sp³-hybridized carbons (Fsp3) is 0.488. The van der Waals surface area contributed by atoms with Crippen molar-refractivity contribution in [2.45, 2.75) is 101 Å². The van der Waals surface area contributed by atoms with E-state index in [1.54, 1.807) is 32.9 Å². The maximum Gasteiger partial charge on any atom is 0.229 e. The maximum atomic E-state index is 13.9. The van der Waals surface area contributed by atoms with Crippen molar-refractivity contribution in [3.8, 4) is 40.2 Å². The molecule has 3 aromatic carbocycles. The molecular weight excluding hydrogens is 820 g/mol. The van der Waals surface area contributed by atoms with Crippen LogP contribution in [0.25, 0.3) is 10.8 Å². The van der Waals surface area contributed by atoms with Crippen LogP contribution in [0.4, 0.5) is 0 Å². The third-order valence-corrected chi connectivity index (χ3v) is 11.5. The van der Waals surface area contributed by atoms with E-state index in [1.807, 2.05) is 0 Å². The highest BCUT2D eigenvalue weighted by Crippen LogP contribution is 2.51. The molecule has 0 saturated carbocycles. The molecule has 0 aromatic heterocycles. The predicted octanol–water partition coefficient (Wildman–Crippen LogP) is 0.762. The number of rotatable bonds is 14. The van der Waals surface area contributed by atoms with Crippen LogP contribution in [0.3, 0.4) is 0 Å². The second kappa shape index (κ2) is 19.1. The Morgan fingerprint density at radius 3 is 1.94 bits per heavy atom. The van der Waals surface area contributed by atoms with Crippen molar-refractivity contribution in [2.24, 2.45) is 5.92 Å². The van der Waals surface area contributed by atoms with E-state index in [0.717, 1.165) is 12.1 Å². The molecular formula is C43H52O19. The molecule has 2 saturated heterocycles. The van der Waals surface area contributed by atoms with E-state index in [2.05, 4.69) is 0 Å². The Bertz CT molecular complexity index is 2200. The van der Waals surface area contributed by atoms with Gasteiger partial charge in [-0.3, -0.25) is 9.59 Å². The number of hydrogen-bond acceptors (Lipinski definition) is 19. The quantitative estimate of drug-likeness (QED) is 0.0790. The van der Waals surface area contributed by atoms with Crippen molar-refractivity contribution in [1.29, 1.82) is 0 Å². The van der Waals surface area contributed by atoms with Crippen molar-refractivity contribution < 1.29 is 93.8 Å². The summed E-state index contributed by atoms with van der Waals surface area (Å²) < 4.78 is 39.8. The van der Waals surface area contributed by atoms with Gasteiger partial charge in [0.1, 0.15) is 83.5 Å². The first kappa shape index (κ1) is 46.4. The number of ether oxygens (including phenoxy) is 7. The van der Waals surface area contributed by atoms with Crippen LogP contribution in [-0.2, 0) is 36.6 Å². The summed E-state index contributed by atoms with van der Waals surface area (Å²) in [7, 11) is 2.48. The van der Waals surface area contributed by atoms with Gasteiger partial charge in [0.25, 0.3) is 0 Å². The molecule has 0 bridgehead atoms. The van der Waals surface area contributed by atoms with Gasteiger partial charge in [-0.2, -0.15) is 0 Å². The number of aliphatic hydroxyl groups excluding tert-OH is 6. The average molecular weight is 873 g/mol. The molecule has 3 aliphatic rings. The molecule has 0 aliphatic carbocycles. The average Bonchev–Trinajstić information content (AvgIpc) is 3.23. The van der Waals surface area contributed by atoms with Gasteiger partial charge in [-0.15, -0.1) is 0 Å². The number of hydrogen-bond donors (Lipinski definition) is 10. The Hall–Kier alpha value is -5.06. The van der Waals surface area contributed by atoms with Crippen LogP contribution in [0, 0.1) is 5.92 Å². The maximum absolute atomic E-state index is 13.9. The molecule has 10 N–H and O–H groups in total. The van der Waals surface area contributed by atoms with Crippen LogP contribution in [0.1, 0.15) is 47.8 Å². The fourth-order valence-electron chi connectivity index (χ4n) is 7.95. The monoisotopic (exact) mass is 872 g/mol. The van der Waals surface area contributed by atoms with Gasteiger partial charge in [0.05, 0.1) is 24.5 Å². The number of carbonyl (C=O) groups excluding carboxylic acids is 2. The number of benzene rings is 3. The lowest BCUT2D eigenvalue weighted by atomic mass is 9.84. The summed E-state index contributed by atoms with van der Waals surface area (Å²) in [5.41, 5.74) is -0.343. The van der Waals surface area contributed by atoms with Crippen molar-refractivity contribution in [3.05, 3.63) is 64.8 Å². The Morgan fingerprint density at radius 1 is 0.774 bits per heavy atom. The number of phenolic OH excluding ortho intramolecular Hbond substituents is 4. The fourth-order valence-corrected chi connectivity index (χ4v) is 7.95. The Balaban J connectivity index is 1.54. The van der Waals surface area contributed by atoms with Crippen LogP contribution in [-0.4, -0.2) is 158 Å². The van der Waals surface area contributed by atoms with Crippen LogP contribution in [0.5, 0.6) is 40.2 Å². The normalized spacial score (nSPS) is 30.1. The van der Waals surface area contributed by atoms with Crippen molar-refractivity contribution >= 4 is 22.3 Å². The topological polar surface area (TPSA) is 301 Å². The largest absolute Gasteiger partial charge is 0.507 e. The standard InChI is InChI=1S/C43H52O19/c1-6-7-8-9-20(46)10-19-11-26(48)39(62-43-37(55)35(53)41(57-5)28(16-45)61-43)32(50)22(19)14-24-23-12-21(59-42-36(54)34(52)40(56-4)27(15-44)60-42)13-25(47)29(23)33(51)30-31(49)17(2)18(3)58-38(24)30/h6-9,11-13,17-18,27-28,34-37,40-45,47-48,50-55H,10,14-16H2,1-5H3/b7-6+,9-8+/t17-,18-,27+,28+,34+,35+,36+,37+,40+,41+,42+,43-/m0/s1. The van der Waals surface area contributed by atoms with Gasteiger partial charge in [0, 0.05) is 49.6 Å². The van der Waals surface area contributed by atoms with E-state index in [0.29, 0.717) is 0 Å². The third kappa shape index (κ3) is 8.65. The van der Waals surface area contributed by atoms with E-state index in [9.17, 15) is 60.7 Å².